The van der Waals surface area contributed by atoms with Crippen molar-refractivity contribution in [3.05, 3.63) is 20.7 Å². The predicted octanol–water partition coefficient (Wildman–Crippen LogP) is 2.90. The fraction of sp³-hybridized carbons (Fsp3) is 0.333. The molecule has 0 saturated carbocycles. The highest BCUT2D eigenvalue weighted by Crippen LogP contribution is 2.32. The van der Waals surface area contributed by atoms with Gasteiger partial charge in [-0.1, -0.05) is 0 Å². The van der Waals surface area contributed by atoms with Crippen LogP contribution in [0, 0.1) is 25.2 Å². The number of pyridine rings is 1. The first-order chi connectivity index (χ1) is 8.02. The van der Waals surface area contributed by atoms with Crippen LogP contribution in [0.15, 0.2) is 15.0 Å². The summed E-state index contributed by atoms with van der Waals surface area (Å²) >= 11 is 6.82. The van der Waals surface area contributed by atoms with Gasteiger partial charge in [0, 0.05) is 23.4 Å². The van der Waals surface area contributed by atoms with E-state index >= 15 is 0 Å². The Morgan fingerprint density at radius 2 is 2.24 bits per heavy atom. The molecule has 2 heterocycles. The average molecular weight is 358 g/mol. The number of rotatable bonds is 1. The maximum Gasteiger partial charge on any atom is 0.229 e. The van der Waals surface area contributed by atoms with Crippen LogP contribution in [0.4, 0.5) is 5.82 Å². The van der Waals surface area contributed by atoms with Crippen molar-refractivity contribution >= 4 is 43.6 Å². The summed E-state index contributed by atoms with van der Waals surface area (Å²) in [6, 6.07) is 1.90. The number of hydrogen-bond acceptors (Lipinski definition) is 2. The summed E-state index contributed by atoms with van der Waals surface area (Å²) in [5.74, 6) is 3.29. The second-order valence-electron chi connectivity index (χ2n) is 3.93. The van der Waals surface area contributed by atoms with Gasteiger partial charge in [-0.25, -0.2) is 4.98 Å². The Labute approximate surface area is 117 Å². The molecule has 0 spiro atoms. The molecule has 1 unspecified atom stereocenters. The topological polar surface area (TPSA) is 33.2 Å². The third-order valence-electron chi connectivity index (χ3n) is 2.70. The lowest BCUT2D eigenvalue weighted by Gasteiger charge is -2.17. The number of terminal acetylenes is 1. The van der Waals surface area contributed by atoms with E-state index in [4.69, 9.17) is 6.42 Å². The Balaban J connectivity index is 2.39. The molecule has 1 aromatic rings. The third kappa shape index (κ3) is 2.38. The van der Waals surface area contributed by atoms with E-state index in [-0.39, 0.29) is 11.8 Å². The van der Waals surface area contributed by atoms with Crippen molar-refractivity contribution in [3.8, 4) is 12.3 Å². The normalized spacial score (nSPS) is 19.5. The van der Waals surface area contributed by atoms with Gasteiger partial charge in [0.1, 0.15) is 5.82 Å². The lowest BCUT2D eigenvalue weighted by Crippen LogP contribution is -2.26. The lowest BCUT2D eigenvalue weighted by molar-refractivity contribution is -0.117. The predicted molar refractivity (Wildman–Crippen MR) is 73.7 cm³/mol. The molecule has 1 atom stereocenters. The second kappa shape index (κ2) is 4.79. The van der Waals surface area contributed by atoms with E-state index < -0.39 is 0 Å². The van der Waals surface area contributed by atoms with E-state index in [9.17, 15) is 4.79 Å². The maximum atomic E-state index is 11.9. The first kappa shape index (κ1) is 12.6. The summed E-state index contributed by atoms with van der Waals surface area (Å²) in [5.41, 5.74) is 0.847. The summed E-state index contributed by atoms with van der Waals surface area (Å²) in [5, 5.41) is 0. The number of amides is 1. The van der Waals surface area contributed by atoms with Gasteiger partial charge in [-0.3, -0.25) is 9.69 Å². The van der Waals surface area contributed by atoms with Crippen LogP contribution >= 0.6 is 31.9 Å². The molecule has 0 bridgehead atoms. The molecule has 2 rings (SSSR count). The van der Waals surface area contributed by atoms with Gasteiger partial charge in [0.05, 0.1) is 10.2 Å². The first-order valence-corrected chi connectivity index (χ1v) is 6.70. The first-order valence-electron chi connectivity index (χ1n) is 5.12. The molecule has 0 aliphatic carbocycles. The van der Waals surface area contributed by atoms with Crippen LogP contribution in [0.25, 0.3) is 0 Å². The van der Waals surface area contributed by atoms with Crippen LogP contribution in [0.1, 0.15) is 12.1 Å². The second-order valence-corrected chi connectivity index (χ2v) is 5.64. The fourth-order valence-electron chi connectivity index (χ4n) is 1.76. The standard InChI is InChI=1S/C12H10Br2N2O/c1-3-8-4-11(17)16(6-8)12-10(14)5-9(13)7(2)15-12/h1,5,8H,4,6H2,2H3. The third-order valence-corrected chi connectivity index (χ3v) is 4.09. The molecule has 17 heavy (non-hydrogen) atoms. The summed E-state index contributed by atoms with van der Waals surface area (Å²) in [7, 11) is 0. The van der Waals surface area contributed by atoms with Crippen LogP contribution < -0.4 is 4.90 Å². The minimum atomic E-state index is -0.0137. The molecule has 0 radical (unpaired) electrons. The number of carbonyl (C=O) groups excluding carboxylic acids is 1. The SMILES string of the molecule is C#CC1CC(=O)N(c2nc(C)c(Br)cc2Br)C1. The summed E-state index contributed by atoms with van der Waals surface area (Å²) in [4.78, 5) is 17.9. The molecule has 0 N–H and O–H groups in total. The van der Waals surface area contributed by atoms with Crippen molar-refractivity contribution in [1.29, 1.82) is 0 Å². The number of aromatic nitrogens is 1. The molecule has 5 heteroatoms. The highest BCUT2D eigenvalue weighted by atomic mass is 79.9. The van der Waals surface area contributed by atoms with Crippen molar-refractivity contribution in [2.75, 3.05) is 11.4 Å². The fourth-order valence-corrected chi connectivity index (χ4v) is 2.92. The average Bonchev–Trinajstić information content (AvgIpc) is 2.65. The van der Waals surface area contributed by atoms with Gasteiger partial charge in [-0.05, 0) is 44.8 Å². The van der Waals surface area contributed by atoms with Gasteiger partial charge in [0.2, 0.25) is 5.91 Å². The largest absolute Gasteiger partial charge is 0.295 e. The van der Waals surface area contributed by atoms with Crippen molar-refractivity contribution in [2.24, 2.45) is 5.92 Å². The van der Waals surface area contributed by atoms with Crippen molar-refractivity contribution in [1.82, 2.24) is 4.98 Å². The summed E-state index contributed by atoms with van der Waals surface area (Å²) < 4.78 is 1.70. The minimum Gasteiger partial charge on any atom is -0.295 e. The zero-order chi connectivity index (χ0) is 12.6. The van der Waals surface area contributed by atoms with Crippen LogP contribution in [-0.4, -0.2) is 17.4 Å². The Bertz CT molecular complexity index is 522. The van der Waals surface area contributed by atoms with Crippen LogP contribution in [0.2, 0.25) is 0 Å². The molecular weight excluding hydrogens is 348 g/mol. The molecule has 1 aromatic heterocycles. The Hall–Kier alpha value is -0.860. The monoisotopic (exact) mass is 356 g/mol. The minimum absolute atomic E-state index is 0.0137. The molecule has 1 aliphatic heterocycles. The van der Waals surface area contributed by atoms with E-state index in [1.54, 1.807) is 4.90 Å². The Morgan fingerprint density at radius 3 is 2.82 bits per heavy atom. The zero-order valence-electron chi connectivity index (χ0n) is 9.20. The molecule has 88 valence electrons. The molecule has 1 amide bonds. The van der Waals surface area contributed by atoms with Crippen LogP contribution in [0.5, 0.6) is 0 Å². The van der Waals surface area contributed by atoms with Gasteiger partial charge >= 0.3 is 0 Å². The van der Waals surface area contributed by atoms with E-state index in [0.29, 0.717) is 18.8 Å². The highest BCUT2D eigenvalue weighted by Gasteiger charge is 2.31. The summed E-state index contributed by atoms with van der Waals surface area (Å²) in [6.45, 7) is 2.43. The summed E-state index contributed by atoms with van der Waals surface area (Å²) in [6.07, 6.45) is 5.76. The van der Waals surface area contributed by atoms with Gasteiger partial charge < -0.3 is 0 Å². The molecule has 1 saturated heterocycles. The van der Waals surface area contributed by atoms with Gasteiger partial charge in [-0.2, -0.15) is 0 Å². The van der Waals surface area contributed by atoms with Gasteiger partial charge in [-0.15, -0.1) is 12.3 Å². The Morgan fingerprint density at radius 1 is 1.53 bits per heavy atom. The molecule has 1 aliphatic rings. The number of nitrogens with zero attached hydrogens (tertiary/aromatic N) is 2. The van der Waals surface area contributed by atoms with Crippen molar-refractivity contribution in [2.45, 2.75) is 13.3 Å². The van der Waals surface area contributed by atoms with Gasteiger partial charge in [0.15, 0.2) is 0 Å². The number of carbonyl (C=O) groups is 1. The van der Waals surface area contributed by atoms with E-state index in [1.807, 2.05) is 13.0 Å². The molecule has 0 aromatic carbocycles. The van der Waals surface area contributed by atoms with Crippen molar-refractivity contribution < 1.29 is 4.79 Å². The number of halogens is 2. The van der Waals surface area contributed by atoms with E-state index in [2.05, 4.69) is 42.8 Å². The van der Waals surface area contributed by atoms with Gasteiger partial charge in [0.25, 0.3) is 0 Å². The smallest absolute Gasteiger partial charge is 0.229 e. The highest BCUT2D eigenvalue weighted by molar-refractivity contribution is 9.11. The molecular formula is C12H10Br2N2O. The zero-order valence-corrected chi connectivity index (χ0v) is 12.4. The van der Waals surface area contributed by atoms with Crippen LogP contribution in [0.3, 0.4) is 0 Å². The quantitative estimate of drug-likeness (QED) is 0.724. The van der Waals surface area contributed by atoms with E-state index in [0.717, 1.165) is 14.6 Å². The maximum absolute atomic E-state index is 11.9. The number of hydrogen-bond donors (Lipinski definition) is 0. The lowest BCUT2D eigenvalue weighted by atomic mass is 10.1. The molecule has 3 nitrogen and oxygen atoms in total. The Kier molecular flexibility index (Phi) is 3.55. The van der Waals surface area contributed by atoms with E-state index in [1.165, 1.54) is 0 Å². The molecule has 1 fully saturated rings. The van der Waals surface area contributed by atoms with Crippen LogP contribution in [-0.2, 0) is 4.79 Å². The van der Waals surface area contributed by atoms with Crippen molar-refractivity contribution in [3.63, 3.8) is 0 Å². The number of aryl methyl sites for hydroxylation is 1. The number of anilines is 1.